The largest absolute Gasteiger partial charge is 0.346 e. The molecule has 0 aliphatic heterocycles. The third kappa shape index (κ3) is 1.59. The highest BCUT2D eigenvalue weighted by atomic mass is 14.8. The van der Waals surface area contributed by atoms with Gasteiger partial charge in [0.1, 0.15) is 11.8 Å². The molecular formula is C12H13N3. The van der Waals surface area contributed by atoms with Gasteiger partial charge in [-0.1, -0.05) is 13.8 Å². The summed E-state index contributed by atoms with van der Waals surface area (Å²) in [6.07, 6.45) is 1.82. The quantitative estimate of drug-likeness (QED) is 0.808. The molecule has 0 bridgehead atoms. The van der Waals surface area contributed by atoms with Crippen LogP contribution in [0, 0.1) is 11.3 Å². The summed E-state index contributed by atoms with van der Waals surface area (Å²) in [6, 6.07) is 6.02. The maximum absolute atomic E-state index is 8.83. The number of hydrogen-bond donors (Lipinski definition) is 1. The molecule has 0 aliphatic carbocycles. The van der Waals surface area contributed by atoms with Gasteiger partial charge in [-0.15, -0.1) is 0 Å². The van der Waals surface area contributed by atoms with Crippen LogP contribution < -0.4 is 0 Å². The highest BCUT2D eigenvalue weighted by molar-refractivity contribution is 5.83. The molecule has 2 aromatic rings. The number of aromatic nitrogens is 2. The smallest absolute Gasteiger partial charge is 0.118 e. The summed E-state index contributed by atoms with van der Waals surface area (Å²) in [5.74, 6) is 0. The standard InChI is InChI=1S/C12H13N3/c1-3-8-6-12-10(11(4-2)14-8)5-9(7-13)15-12/h5-6,15H,3-4H2,1-2H3. The van der Waals surface area contributed by atoms with Gasteiger partial charge in [-0.25, -0.2) is 0 Å². The van der Waals surface area contributed by atoms with Gasteiger partial charge < -0.3 is 4.98 Å². The fraction of sp³-hybridized carbons (Fsp3) is 0.333. The first-order chi connectivity index (χ1) is 7.28. The molecule has 0 unspecified atom stereocenters. The normalized spacial score (nSPS) is 10.5. The number of nitrogens with one attached hydrogen (secondary N) is 1. The van der Waals surface area contributed by atoms with E-state index in [1.54, 1.807) is 0 Å². The molecule has 0 amide bonds. The molecule has 2 rings (SSSR count). The van der Waals surface area contributed by atoms with Crippen molar-refractivity contribution >= 4 is 10.9 Å². The monoisotopic (exact) mass is 199 g/mol. The molecule has 1 N–H and O–H groups in total. The zero-order valence-electron chi connectivity index (χ0n) is 8.96. The van der Waals surface area contributed by atoms with Gasteiger partial charge in [0.15, 0.2) is 0 Å². The Bertz CT molecular complexity index is 532. The Kier molecular flexibility index (Phi) is 2.42. The van der Waals surface area contributed by atoms with Crippen molar-refractivity contribution in [2.75, 3.05) is 0 Å². The molecule has 15 heavy (non-hydrogen) atoms. The Balaban J connectivity index is 2.73. The third-order valence-electron chi connectivity index (χ3n) is 2.57. The Hall–Kier alpha value is -1.82. The summed E-state index contributed by atoms with van der Waals surface area (Å²) in [7, 11) is 0. The molecule has 0 atom stereocenters. The average molecular weight is 199 g/mol. The molecule has 3 heteroatoms. The second kappa shape index (κ2) is 3.74. The third-order valence-corrected chi connectivity index (χ3v) is 2.57. The lowest BCUT2D eigenvalue weighted by Gasteiger charge is -2.02. The van der Waals surface area contributed by atoms with Crippen LogP contribution in [0.1, 0.15) is 30.9 Å². The van der Waals surface area contributed by atoms with Crippen molar-refractivity contribution in [1.29, 1.82) is 5.26 Å². The van der Waals surface area contributed by atoms with E-state index in [1.807, 2.05) is 12.1 Å². The van der Waals surface area contributed by atoms with Crippen LogP contribution in [-0.2, 0) is 12.8 Å². The zero-order chi connectivity index (χ0) is 10.8. The summed E-state index contributed by atoms with van der Waals surface area (Å²) in [5.41, 5.74) is 3.78. The minimum Gasteiger partial charge on any atom is -0.346 e. The number of pyridine rings is 1. The topological polar surface area (TPSA) is 52.5 Å². The molecule has 0 fully saturated rings. The molecule has 76 valence electrons. The maximum Gasteiger partial charge on any atom is 0.118 e. The van der Waals surface area contributed by atoms with Crippen molar-refractivity contribution in [3.8, 4) is 6.07 Å². The van der Waals surface area contributed by atoms with E-state index in [2.05, 4.69) is 29.9 Å². The van der Waals surface area contributed by atoms with Gasteiger partial charge in [-0.3, -0.25) is 4.98 Å². The molecule has 2 aromatic heterocycles. The van der Waals surface area contributed by atoms with Crippen molar-refractivity contribution < 1.29 is 0 Å². The van der Waals surface area contributed by atoms with Crippen LogP contribution >= 0.6 is 0 Å². The average Bonchev–Trinajstić information content (AvgIpc) is 2.70. The number of hydrogen-bond acceptors (Lipinski definition) is 2. The Morgan fingerprint density at radius 1 is 1.33 bits per heavy atom. The van der Waals surface area contributed by atoms with Crippen LogP contribution in [0.25, 0.3) is 10.9 Å². The molecule has 0 saturated carbocycles. The van der Waals surface area contributed by atoms with Crippen molar-refractivity contribution in [3.05, 3.63) is 29.2 Å². The van der Waals surface area contributed by atoms with Crippen LogP contribution in [0.4, 0.5) is 0 Å². The van der Waals surface area contributed by atoms with E-state index >= 15 is 0 Å². The number of fused-ring (bicyclic) bond motifs is 1. The molecule has 0 aliphatic rings. The van der Waals surface area contributed by atoms with Gasteiger partial charge in [0.2, 0.25) is 0 Å². The molecule has 0 radical (unpaired) electrons. The highest BCUT2D eigenvalue weighted by Crippen LogP contribution is 2.20. The first-order valence-electron chi connectivity index (χ1n) is 5.20. The van der Waals surface area contributed by atoms with E-state index in [0.717, 1.165) is 35.1 Å². The van der Waals surface area contributed by atoms with E-state index in [4.69, 9.17) is 5.26 Å². The van der Waals surface area contributed by atoms with Gasteiger partial charge in [-0.05, 0) is 25.0 Å². The zero-order valence-corrected chi connectivity index (χ0v) is 8.96. The summed E-state index contributed by atoms with van der Waals surface area (Å²) in [6.45, 7) is 4.17. The second-order valence-electron chi connectivity index (χ2n) is 3.52. The minimum absolute atomic E-state index is 0.606. The van der Waals surface area contributed by atoms with Crippen LogP contribution in [0.5, 0.6) is 0 Å². The van der Waals surface area contributed by atoms with Crippen molar-refractivity contribution in [2.45, 2.75) is 26.7 Å². The molecule has 0 spiro atoms. The van der Waals surface area contributed by atoms with E-state index in [0.29, 0.717) is 5.69 Å². The van der Waals surface area contributed by atoms with E-state index in [1.165, 1.54) is 0 Å². The number of nitrogens with zero attached hydrogens (tertiary/aromatic N) is 2. The van der Waals surface area contributed by atoms with Crippen molar-refractivity contribution in [3.63, 3.8) is 0 Å². The van der Waals surface area contributed by atoms with Crippen LogP contribution in [0.15, 0.2) is 12.1 Å². The van der Waals surface area contributed by atoms with E-state index in [9.17, 15) is 0 Å². The van der Waals surface area contributed by atoms with Gasteiger partial charge in [0, 0.05) is 16.8 Å². The van der Waals surface area contributed by atoms with Crippen molar-refractivity contribution in [2.24, 2.45) is 0 Å². The van der Waals surface area contributed by atoms with Gasteiger partial charge in [-0.2, -0.15) is 5.26 Å². The Morgan fingerprint density at radius 2 is 2.13 bits per heavy atom. The first kappa shape index (κ1) is 9.72. The number of nitriles is 1. The van der Waals surface area contributed by atoms with Crippen molar-refractivity contribution in [1.82, 2.24) is 9.97 Å². The molecule has 3 nitrogen and oxygen atoms in total. The highest BCUT2D eigenvalue weighted by Gasteiger charge is 2.07. The Morgan fingerprint density at radius 3 is 2.73 bits per heavy atom. The van der Waals surface area contributed by atoms with Crippen LogP contribution in [0.3, 0.4) is 0 Å². The van der Waals surface area contributed by atoms with Gasteiger partial charge >= 0.3 is 0 Å². The van der Waals surface area contributed by atoms with Gasteiger partial charge in [0.25, 0.3) is 0 Å². The van der Waals surface area contributed by atoms with Crippen LogP contribution in [-0.4, -0.2) is 9.97 Å². The fourth-order valence-corrected chi connectivity index (χ4v) is 1.77. The minimum atomic E-state index is 0.606. The lowest BCUT2D eigenvalue weighted by Crippen LogP contribution is -1.93. The summed E-state index contributed by atoms with van der Waals surface area (Å²) in [4.78, 5) is 7.65. The SMILES string of the molecule is CCc1cc2[nH]c(C#N)cc2c(CC)n1. The molecule has 2 heterocycles. The number of rotatable bonds is 2. The van der Waals surface area contributed by atoms with Gasteiger partial charge in [0.05, 0.1) is 5.52 Å². The van der Waals surface area contributed by atoms with E-state index in [-0.39, 0.29) is 0 Å². The lowest BCUT2D eigenvalue weighted by atomic mass is 10.1. The predicted octanol–water partition coefficient (Wildman–Crippen LogP) is 2.56. The molecular weight excluding hydrogens is 186 g/mol. The first-order valence-corrected chi connectivity index (χ1v) is 5.20. The number of aromatic amines is 1. The number of H-pyrrole nitrogens is 1. The summed E-state index contributed by atoms with van der Waals surface area (Å²) < 4.78 is 0. The van der Waals surface area contributed by atoms with E-state index < -0.39 is 0 Å². The maximum atomic E-state index is 8.83. The molecule has 0 aromatic carbocycles. The Labute approximate surface area is 88.8 Å². The number of aryl methyl sites for hydroxylation is 2. The summed E-state index contributed by atoms with van der Waals surface area (Å²) >= 11 is 0. The summed E-state index contributed by atoms with van der Waals surface area (Å²) in [5, 5.41) is 9.90. The lowest BCUT2D eigenvalue weighted by molar-refractivity contribution is 0.971. The fourth-order valence-electron chi connectivity index (χ4n) is 1.77. The van der Waals surface area contributed by atoms with Crippen LogP contribution in [0.2, 0.25) is 0 Å². The molecule has 0 saturated heterocycles. The second-order valence-corrected chi connectivity index (χ2v) is 3.52. The predicted molar refractivity (Wildman–Crippen MR) is 59.6 cm³/mol.